The molecule has 0 bridgehead atoms. The van der Waals surface area contributed by atoms with Gasteiger partial charge in [0.1, 0.15) is 5.78 Å². The van der Waals surface area contributed by atoms with Crippen LogP contribution >= 0.6 is 0 Å². The third kappa shape index (κ3) is 5.76. The van der Waals surface area contributed by atoms with Gasteiger partial charge in [-0.25, -0.2) is 0 Å². The molecular formula is C14H24O. The van der Waals surface area contributed by atoms with Gasteiger partial charge >= 0.3 is 0 Å². The van der Waals surface area contributed by atoms with Crippen molar-refractivity contribution in [2.45, 2.75) is 64.7 Å². The fourth-order valence-corrected chi connectivity index (χ4v) is 2.21. The minimum atomic E-state index is 0.199. The van der Waals surface area contributed by atoms with E-state index in [0.717, 1.165) is 12.8 Å². The molecule has 1 aliphatic carbocycles. The number of hydrogen-bond donors (Lipinski definition) is 0. The first-order valence-electron chi connectivity index (χ1n) is 6.48. The number of carbonyl (C=O) groups excluding carboxylic acids is 1. The van der Waals surface area contributed by atoms with E-state index in [1.54, 1.807) is 6.92 Å². The van der Waals surface area contributed by atoms with Crippen LogP contribution in [0.15, 0.2) is 12.2 Å². The number of rotatable bonds is 1. The first kappa shape index (κ1) is 12.5. The second kappa shape index (κ2) is 7.67. The molecule has 1 heteroatoms. The van der Waals surface area contributed by atoms with Gasteiger partial charge < -0.3 is 0 Å². The Morgan fingerprint density at radius 1 is 1.00 bits per heavy atom. The molecule has 0 radical (unpaired) electrons. The topological polar surface area (TPSA) is 17.1 Å². The Kier molecular flexibility index (Phi) is 6.38. The zero-order valence-electron chi connectivity index (χ0n) is 10.0. The van der Waals surface area contributed by atoms with Crippen molar-refractivity contribution in [3.63, 3.8) is 0 Å². The molecule has 86 valence electrons. The average Bonchev–Trinajstić information content (AvgIpc) is 2.18. The van der Waals surface area contributed by atoms with Gasteiger partial charge in [-0.05, 0) is 26.2 Å². The lowest BCUT2D eigenvalue weighted by molar-refractivity contribution is -0.119. The van der Waals surface area contributed by atoms with Crippen LogP contribution in [0.2, 0.25) is 0 Å². The van der Waals surface area contributed by atoms with Gasteiger partial charge in [0.2, 0.25) is 0 Å². The van der Waals surface area contributed by atoms with Crippen molar-refractivity contribution < 1.29 is 4.79 Å². The number of allylic oxidation sites excluding steroid dienone is 2. The Balaban J connectivity index is 2.41. The van der Waals surface area contributed by atoms with Crippen molar-refractivity contribution in [2.24, 2.45) is 5.92 Å². The maximum atomic E-state index is 11.4. The molecule has 1 atom stereocenters. The van der Waals surface area contributed by atoms with Crippen LogP contribution in [0.1, 0.15) is 64.7 Å². The first-order valence-corrected chi connectivity index (χ1v) is 6.48. The summed E-state index contributed by atoms with van der Waals surface area (Å²) in [6.07, 6.45) is 15.9. The van der Waals surface area contributed by atoms with E-state index in [4.69, 9.17) is 0 Å². The normalized spacial score (nSPS) is 25.3. The molecule has 0 heterocycles. The van der Waals surface area contributed by atoms with Gasteiger partial charge in [0.15, 0.2) is 0 Å². The molecule has 0 saturated carbocycles. The second-order valence-corrected chi connectivity index (χ2v) is 4.70. The van der Waals surface area contributed by atoms with Gasteiger partial charge in [-0.1, -0.05) is 50.7 Å². The van der Waals surface area contributed by atoms with E-state index in [0.29, 0.717) is 5.78 Å². The largest absolute Gasteiger partial charge is 0.299 e. The van der Waals surface area contributed by atoms with Crippen LogP contribution < -0.4 is 0 Å². The molecule has 0 fully saturated rings. The molecule has 1 rings (SSSR count). The number of carbonyl (C=O) groups is 1. The summed E-state index contributed by atoms with van der Waals surface area (Å²) in [6, 6.07) is 0. The predicted molar refractivity (Wildman–Crippen MR) is 64.9 cm³/mol. The molecule has 0 aromatic rings. The summed E-state index contributed by atoms with van der Waals surface area (Å²) in [4.78, 5) is 11.4. The van der Waals surface area contributed by atoms with Crippen molar-refractivity contribution >= 4 is 5.78 Å². The third-order valence-electron chi connectivity index (χ3n) is 3.28. The van der Waals surface area contributed by atoms with Crippen LogP contribution in [0.5, 0.6) is 0 Å². The summed E-state index contributed by atoms with van der Waals surface area (Å²) >= 11 is 0. The van der Waals surface area contributed by atoms with E-state index in [9.17, 15) is 4.79 Å². The van der Waals surface area contributed by atoms with Crippen molar-refractivity contribution in [1.82, 2.24) is 0 Å². The highest BCUT2D eigenvalue weighted by Gasteiger charge is 2.09. The quantitative estimate of drug-likeness (QED) is 0.588. The maximum Gasteiger partial charge on any atom is 0.136 e. The Bertz CT molecular complexity index is 205. The van der Waals surface area contributed by atoms with Crippen LogP contribution in [-0.2, 0) is 4.79 Å². The third-order valence-corrected chi connectivity index (χ3v) is 3.28. The fourth-order valence-electron chi connectivity index (χ4n) is 2.21. The van der Waals surface area contributed by atoms with Gasteiger partial charge in [-0.3, -0.25) is 4.79 Å². The standard InChI is InChI=1S/C14H24O/c1-13(15)14-11-9-7-5-3-2-4-6-8-10-12-14/h9,11,14H,2-8,10,12H2,1H3. The van der Waals surface area contributed by atoms with Crippen molar-refractivity contribution in [3.05, 3.63) is 12.2 Å². The lowest BCUT2D eigenvalue weighted by Crippen LogP contribution is -2.07. The molecule has 0 saturated heterocycles. The van der Waals surface area contributed by atoms with Crippen LogP contribution in [0.25, 0.3) is 0 Å². The molecule has 0 aliphatic heterocycles. The van der Waals surface area contributed by atoms with E-state index in [2.05, 4.69) is 12.2 Å². The van der Waals surface area contributed by atoms with Crippen molar-refractivity contribution in [3.8, 4) is 0 Å². The van der Waals surface area contributed by atoms with Gasteiger partial charge in [0.05, 0.1) is 0 Å². The Morgan fingerprint density at radius 2 is 1.60 bits per heavy atom. The Morgan fingerprint density at radius 3 is 2.27 bits per heavy atom. The maximum absolute atomic E-state index is 11.4. The highest BCUT2D eigenvalue weighted by atomic mass is 16.1. The minimum Gasteiger partial charge on any atom is -0.299 e. The van der Waals surface area contributed by atoms with Gasteiger partial charge in [0.25, 0.3) is 0 Å². The fraction of sp³-hybridized carbons (Fsp3) is 0.786. The molecule has 1 aliphatic rings. The van der Waals surface area contributed by atoms with Gasteiger partial charge in [-0.2, -0.15) is 0 Å². The second-order valence-electron chi connectivity index (χ2n) is 4.70. The van der Waals surface area contributed by atoms with Crippen molar-refractivity contribution in [2.75, 3.05) is 0 Å². The zero-order valence-corrected chi connectivity index (χ0v) is 10.0. The molecule has 1 unspecified atom stereocenters. The van der Waals surface area contributed by atoms with E-state index in [1.807, 2.05) is 0 Å². The van der Waals surface area contributed by atoms with Crippen LogP contribution in [0, 0.1) is 5.92 Å². The van der Waals surface area contributed by atoms with Gasteiger partial charge in [0, 0.05) is 5.92 Å². The van der Waals surface area contributed by atoms with Crippen molar-refractivity contribution in [1.29, 1.82) is 0 Å². The highest BCUT2D eigenvalue weighted by molar-refractivity contribution is 5.79. The average molecular weight is 208 g/mol. The SMILES string of the molecule is CC(=O)C1C=CCCCCCCCCC1. The van der Waals surface area contributed by atoms with Crippen LogP contribution in [-0.4, -0.2) is 5.78 Å². The molecule has 0 aromatic heterocycles. The Hall–Kier alpha value is -0.590. The monoisotopic (exact) mass is 208 g/mol. The molecular weight excluding hydrogens is 184 g/mol. The summed E-state index contributed by atoms with van der Waals surface area (Å²) in [6.45, 7) is 1.72. The molecule has 0 aromatic carbocycles. The van der Waals surface area contributed by atoms with E-state index < -0.39 is 0 Å². The zero-order chi connectivity index (χ0) is 10.9. The minimum absolute atomic E-state index is 0.199. The molecule has 0 N–H and O–H groups in total. The molecule has 0 amide bonds. The van der Waals surface area contributed by atoms with E-state index in [-0.39, 0.29) is 5.92 Å². The number of ketones is 1. The van der Waals surface area contributed by atoms with Crippen LogP contribution in [0.3, 0.4) is 0 Å². The first-order chi connectivity index (χ1) is 7.30. The summed E-state index contributed by atoms with van der Waals surface area (Å²) in [5, 5.41) is 0. The van der Waals surface area contributed by atoms with E-state index in [1.165, 1.54) is 44.9 Å². The lowest BCUT2D eigenvalue weighted by atomic mass is 9.95. The highest BCUT2D eigenvalue weighted by Crippen LogP contribution is 2.17. The number of Topliss-reactive ketones (excluding diaryl/α,β-unsaturated/α-hetero) is 1. The summed E-state index contributed by atoms with van der Waals surface area (Å²) < 4.78 is 0. The molecule has 15 heavy (non-hydrogen) atoms. The number of hydrogen-bond acceptors (Lipinski definition) is 1. The summed E-state index contributed by atoms with van der Waals surface area (Å²) in [7, 11) is 0. The summed E-state index contributed by atoms with van der Waals surface area (Å²) in [5.74, 6) is 0.535. The molecule has 0 spiro atoms. The summed E-state index contributed by atoms with van der Waals surface area (Å²) in [5.41, 5.74) is 0. The van der Waals surface area contributed by atoms with Gasteiger partial charge in [-0.15, -0.1) is 0 Å². The predicted octanol–water partition coefficient (Wildman–Crippen LogP) is 4.27. The Labute approximate surface area is 93.9 Å². The molecule has 1 nitrogen and oxygen atoms in total. The van der Waals surface area contributed by atoms with Crippen LogP contribution in [0.4, 0.5) is 0 Å². The smallest absolute Gasteiger partial charge is 0.136 e. The lowest BCUT2D eigenvalue weighted by Gasteiger charge is -2.10. The van der Waals surface area contributed by atoms with E-state index >= 15 is 0 Å².